The van der Waals surface area contributed by atoms with Gasteiger partial charge in [0.25, 0.3) is 0 Å². The quantitative estimate of drug-likeness (QED) is 0.839. The van der Waals surface area contributed by atoms with Gasteiger partial charge in [-0.1, -0.05) is 12.1 Å². The Kier molecular flexibility index (Phi) is 6.17. The highest BCUT2D eigenvalue weighted by Gasteiger charge is 2.14. The number of ether oxygens (including phenoxy) is 1. The number of urea groups is 1. The molecule has 0 radical (unpaired) electrons. The van der Waals surface area contributed by atoms with Gasteiger partial charge in [0, 0.05) is 13.6 Å². The molecule has 5 nitrogen and oxygen atoms in total. The van der Waals surface area contributed by atoms with E-state index in [1.54, 1.807) is 26.1 Å². The minimum atomic E-state index is -2.88. The van der Waals surface area contributed by atoms with Gasteiger partial charge in [-0.3, -0.25) is 0 Å². The minimum Gasteiger partial charge on any atom is -0.435 e. The van der Waals surface area contributed by atoms with Crippen LogP contribution in [-0.4, -0.2) is 42.3 Å². The molecule has 0 bridgehead atoms. The summed E-state index contributed by atoms with van der Waals surface area (Å²) < 4.78 is 28.4. The molecule has 0 aliphatic carbocycles. The lowest BCUT2D eigenvalue weighted by Gasteiger charge is -2.23. The number of rotatable bonds is 6. The lowest BCUT2D eigenvalue weighted by molar-refractivity contribution is -0.0498. The summed E-state index contributed by atoms with van der Waals surface area (Å²) in [6.45, 7) is -1.13. The standard InChI is InChI=1S/C13H18F2N2O3/c1-9(8-18)17(2)13(19)16-7-10-4-3-5-11(6-10)20-12(14)15/h3-6,9,12,18H,7-8H2,1-2H3,(H,16,19). The normalized spacial score (nSPS) is 12.1. The van der Waals surface area contributed by atoms with E-state index in [0.717, 1.165) is 0 Å². The van der Waals surface area contributed by atoms with Crippen LogP contribution in [0.15, 0.2) is 24.3 Å². The number of benzene rings is 1. The summed E-state index contributed by atoms with van der Waals surface area (Å²) >= 11 is 0. The number of alkyl halides is 2. The first-order chi connectivity index (χ1) is 9.43. The van der Waals surface area contributed by atoms with Gasteiger partial charge >= 0.3 is 12.6 Å². The number of hydrogen-bond acceptors (Lipinski definition) is 3. The molecule has 1 rings (SSSR count). The number of aliphatic hydroxyl groups is 1. The van der Waals surface area contributed by atoms with E-state index in [2.05, 4.69) is 10.1 Å². The summed E-state index contributed by atoms with van der Waals surface area (Å²) in [7, 11) is 1.56. The highest BCUT2D eigenvalue weighted by atomic mass is 19.3. The van der Waals surface area contributed by atoms with Crippen molar-refractivity contribution in [1.82, 2.24) is 10.2 Å². The maximum Gasteiger partial charge on any atom is 0.387 e. The van der Waals surface area contributed by atoms with Gasteiger partial charge in [-0.25, -0.2) is 4.79 Å². The van der Waals surface area contributed by atoms with Gasteiger partial charge in [-0.05, 0) is 24.6 Å². The monoisotopic (exact) mass is 288 g/mol. The number of likely N-dealkylation sites (N-methyl/N-ethyl adjacent to an activating group) is 1. The molecule has 0 fully saturated rings. The second-order valence-electron chi connectivity index (χ2n) is 4.33. The van der Waals surface area contributed by atoms with Crippen molar-refractivity contribution in [3.8, 4) is 5.75 Å². The van der Waals surface area contributed by atoms with Gasteiger partial charge in [0.2, 0.25) is 0 Å². The predicted octanol–water partition coefficient (Wildman–Crippen LogP) is 1.81. The lowest BCUT2D eigenvalue weighted by Crippen LogP contribution is -2.43. The Morgan fingerprint density at radius 3 is 2.80 bits per heavy atom. The van der Waals surface area contributed by atoms with Gasteiger partial charge < -0.3 is 20.1 Å². The van der Waals surface area contributed by atoms with E-state index >= 15 is 0 Å². The molecule has 7 heteroatoms. The van der Waals surface area contributed by atoms with Crippen LogP contribution in [0.3, 0.4) is 0 Å². The highest BCUT2D eigenvalue weighted by Crippen LogP contribution is 2.15. The van der Waals surface area contributed by atoms with E-state index in [-0.39, 0.29) is 31.0 Å². The molecule has 20 heavy (non-hydrogen) atoms. The van der Waals surface area contributed by atoms with Crippen LogP contribution in [0, 0.1) is 0 Å². The smallest absolute Gasteiger partial charge is 0.387 e. The van der Waals surface area contributed by atoms with Crippen LogP contribution in [0.25, 0.3) is 0 Å². The molecule has 0 saturated heterocycles. The number of carbonyl (C=O) groups is 1. The summed E-state index contributed by atoms with van der Waals surface area (Å²) in [6.07, 6.45) is 0. The van der Waals surface area contributed by atoms with Gasteiger partial charge in [0.15, 0.2) is 0 Å². The number of amides is 2. The van der Waals surface area contributed by atoms with Gasteiger partial charge in [-0.15, -0.1) is 0 Å². The largest absolute Gasteiger partial charge is 0.435 e. The molecular formula is C13H18F2N2O3. The molecule has 1 aromatic carbocycles. The Labute approximate surface area is 116 Å². The zero-order valence-electron chi connectivity index (χ0n) is 11.3. The molecule has 1 aromatic rings. The van der Waals surface area contributed by atoms with Crippen molar-refractivity contribution in [2.75, 3.05) is 13.7 Å². The Hall–Kier alpha value is -1.89. The van der Waals surface area contributed by atoms with Crippen molar-refractivity contribution in [3.05, 3.63) is 29.8 Å². The van der Waals surface area contributed by atoms with E-state index in [1.807, 2.05) is 0 Å². The van der Waals surface area contributed by atoms with Crippen molar-refractivity contribution in [3.63, 3.8) is 0 Å². The lowest BCUT2D eigenvalue weighted by atomic mass is 10.2. The first kappa shape index (κ1) is 16.2. The zero-order valence-corrected chi connectivity index (χ0v) is 11.3. The van der Waals surface area contributed by atoms with Gasteiger partial charge in [-0.2, -0.15) is 8.78 Å². The fourth-order valence-corrected chi connectivity index (χ4v) is 1.46. The van der Waals surface area contributed by atoms with Crippen LogP contribution in [0.2, 0.25) is 0 Å². The van der Waals surface area contributed by atoms with E-state index in [0.29, 0.717) is 5.56 Å². The van der Waals surface area contributed by atoms with Gasteiger partial charge in [0.1, 0.15) is 5.75 Å². The number of nitrogens with zero attached hydrogens (tertiary/aromatic N) is 1. The molecule has 0 aliphatic rings. The molecule has 0 spiro atoms. The third-order valence-corrected chi connectivity index (χ3v) is 2.81. The molecule has 2 N–H and O–H groups in total. The Morgan fingerprint density at radius 2 is 2.20 bits per heavy atom. The number of aliphatic hydroxyl groups excluding tert-OH is 1. The van der Waals surface area contributed by atoms with E-state index in [9.17, 15) is 13.6 Å². The summed E-state index contributed by atoms with van der Waals surface area (Å²) in [5.74, 6) is 0.0452. The SMILES string of the molecule is CC(CO)N(C)C(=O)NCc1cccc(OC(F)F)c1. The van der Waals surface area contributed by atoms with Crippen LogP contribution in [0.1, 0.15) is 12.5 Å². The summed E-state index contributed by atoms with van der Waals surface area (Å²) in [5.41, 5.74) is 0.640. The molecule has 0 heterocycles. The number of hydrogen-bond donors (Lipinski definition) is 2. The third kappa shape index (κ3) is 5.00. The maximum absolute atomic E-state index is 12.1. The first-order valence-corrected chi connectivity index (χ1v) is 6.09. The van der Waals surface area contributed by atoms with Crippen LogP contribution >= 0.6 is 0 Å². The average Bonchev–Trinajstić information content (AvgIpc) is 2.42. The van der Waals surface area contributed by atoms with E-state index in [1.165, 1.54) is 17.0 Å². The van der Waals surface area contributed by atoms with Crippen LogP contribution in [0.4, 0.5) is 13.6 Å². The summed E-state index contributed by atoms with van der Waals surface area (Å²) in [4.78, 5) is 13.1. The molecule has 0 aliphatic heterocycles. The van der Waals surface area contributed by atoms with Crippen LogP contribution in [0.5, 0.6) is 5.75 Å². The average molecular weight is 288 g/mol. The maximum atomic E-state index is 12.1. The minimum absolute atomic E-state index is 0.0452. The van der Waals surface area contributed by atoms with Crippen molar-refractivity contribution >= 4 is 6.03 Å². The van der Waals surface area contributed by atoms with Crippen LogP contribution in [-0.2, 0) is 6.54 Å². The number of carbonyl (C=O) groups excluding carboxylic acids is 1. The number of nitrogens with one attached hydrogen (secondary N) is 1. The Bertz CT molecular complexity index is 443. The Morgan fingerprint density at radius 1 is 1.50 bits per heavy atom. The second kappa shape index (κ2) is 7.64. The zero-order chi connectivity index (χ0) is 15.1. The fraction of sp³-hybridized carbons (Fsp3) is 0.462. The van der Waals surface area contributed by atoms with Gasteiger partial charge in [0.05, 0.1) is 12.6 Å². The first-order valence-electron chi connectivity index (χ1n) is 6.09. The van der Waals surface area contributed by atoms with Crippen molar-refractivity contribution in [1.29, 1.82) is 0 Å². The van der Waals surface area contributed by atoms with Crippen molar-refractivity contribution < 1.29 is 23.4 Å². The number of halogens is 2. The van der Waals surface area contributed by atoms with Crippen molar-refractivity contribution in [2.45, 2.75) is 26.1 Å². The van der Waals surface area contributed by atoms with E-state index in [4.69, 9.17) is 5.11 Å². The summed E-state index contributed by atoms with van der Waals surface area (Å²) in [6, 6.07) is 5.45. The molecule has 2 amide bonds. The second-order valence-corrected chi connectivity index (χ2v) is 4.33. The molecule has 1 unspecified atom stereocenters. The molecule has 0 saturated carbocycles. The molecular weight excluding hydrogens is 270 g/mol. The highest BCUT2D eigenvalue weighted by molar-refractivity contribution is 5.74. The Balaban J connectivity index is 2.55. The van der Waals surface area contributed by atoms with E-state index < -0.39 is 6.61 Å². The predicted molar refractivity (Wildman–Crippen MR) is 69.6 cm³/mol. The van der Waals surface area contributed by atoms with Crippen LogP contribution < -0.4 is 10.1 Å². The summed E-state index contributed by atoms with van der Waals surface area (Å²) in [5, 5.41) is 11.6. The molecule has 1 atom stereocenters. The molecule has 112 valence electrons. The topological polar surface area (TPSA) is 61.8 Å². The van der Waals surface area contributed by atoms with Crippen molar-refractivity contribution in [2.24, 2.45) is 0 Å². The molecule has 0 aromatic heterocycles. The fourth-order valence-electron chi connectivity index (χ4n) is 1.46. The third-order valence-electron chi connectivity index (χ3n) is 2.81.